The summed E-state index contributed by atoms with van der Waals surface area (Å²) < 4.78 is 30.6. The van der Waals surface area contributed by atoms with Crippen molar-refractivity contribution in [3.05, 3.63) is 119 Å². The molecular weight excluding hydrogens is 1340 g/mol. The van der Waals surface area contributed by atoms with Gasteiger partial charge in [0.2, 0.25) is 22.0 Å². The van der Waals surface area contributed by atoms with Gasteiger partial charge in [-0.2, -0.15) is 9.46 Å². The van der Waals surface area contributed by atoms with E-state index in [-0.39, 0.29) is 49.0 Å². The highest BCUT2D eigenvalue weighted by atomic mass is 32.1. The summed E-state index contributed by atoms with van der Waals surface area (Å²) in [6, 6.07) is 0. The number of Topliss-reactive ketones (excluding diaryl/α,β-unsaturated/α-hetero) is 2. The Morgan fingerprint density at radius 1 is 0.624 bits per heavy atom. The van der Waals surface area contributed by atoms with E-state index in [0.717, 1.165) is 33.0 Å². The molecule has 0 aliphatic rings. The molecule has 8 aromatic rings. The summed E-state index contributed by atoms with van der Waals surface area (Å²) in [5.41, 5.74) is 7.20. The number of fused-ring (bicyclic) bond motifs is 2. The standard InChI is InChI=1S/C14H16N2O5S.C9H8N2O4S.C7H9NO2S.C7H9NOS.C6H6O4.C4H6N2OS.C4H6N2S.C4H6O3.2CH4/c1-7-6-22-13-15-8(11(18)20-5)9(10(17)16(7)13)21-12(19)14(2,3)4;1-4-3-16-9-10-5(8(14)15-2)6(12)7(13)11(4)9;1-5-4-11-7(8(5)10)3-6(2)9;1-5-4-10-7(8-5)3-6(2)9;1-9-5(7)3-4-6(8)10-2;1-3-2-8-4(5)6(3)7;1-3-2-7-4(5)6-3;1-3(5)7-4(2)6;;/h6H,1-5H3;3,12H,1-2H3;4H,3H2,1-2H3;4H,3H2,1-2H3;1-2H3;2,5,7H,1H3;2H,1H3,(H2,5,6);1-2H3;2*1H4. The number of nitrogens with zero attached hydrogens (tertiary/aromatic N) is 8. The molecule has 0 saturated heterocycles. The van der Waals surface area contributed by atoms with Gasteiger partial charge in [0.1, 0.15) is 23.0 Å². The highest BCUT2D eigenvalue weighted by molar-refractivity contribution is 7.15. The number of nitrogens with one attached hydrogen (secondary N) is 1. The fourth-order valence-corrected chi connectivity index (χ4v) is 10.3. The number of ether oxygens (including phenoxy) is 6. The number of hydrogen-bond acceptors (Lipinski definition) is 32. The van der Waals surface area contributed by atoms with E-state index in [4.69, 9.17) is 21.1 Å². The van der Waals surface area contributed by atoms with Crippen molar-refractivity contribution in [2.24, 2.45) is 5.41 Å². The second kappa shape index (κ2) is 41.1. The number of methoxy groups -OCH3 is 4. The first-order valence-electron chi connectivity index (χ1n) is 25.5. The number of carbonyl (C=O) groups excluding carboxylic acids is 9. The number of ketones is 2. The van der Waals surface area contributed by atoms with Crippen molar-refractivity contribution < 1.29 is 86.6 Å². The van der Waals surface area contributed by atoms with Gasteiger partial charge in [0, 0.05) is 76.6 Å². The van der Waals surface area contributed by atoms with Crippen LogP contribution < -0.4 is 31.1 Å². The summed E-state index contributed by atoms with van der Waals surface area (Å²) in [6.45, 7) is 21.1. The maximum absolute atomic E-state index is 12.6. The first-order chi connectivity index (χ1) is 42.3. The van der Waals surface area contributed by atoms with Gasteiger partial charge in [0.25, 0.3) is 5.01 Å². The number of anilines is 1. The van der Waals surface area contributed by atoms with Crippen molar-refractivity contribution >= 4 is 136 Å². The first kappa shape index (κ1) is 85.7. The van der Waals surface area contributed by atoms with E-state index in [1.807, 2.05) is 36.4 Å². The van der Waals surface area contributed by atoms with Crippen LogP contribution in [0.25, 0.3) is 9.92 Å². The molecule has 30 nitrogen and oxygen atoms in total. The molecule has 0 unspecified atom stereocenters. The molecule has 0 saturated carbocycles. The number of aryl methyl sites for hydroxylation is 6. The number of nitrogens with two attached hydrogens (primary N) is 1. The van der Waals surface area contributed by atoms with E-state index < -0.39 is 69.8 Å². The topological polar surface area (TPSA) is 426 Å². The predicted molar refractivity (Wildman–Crippen MR) is 350 cm³/mol. The monoisotopic (exact) mass is 1410 g/mol. The number of hydrogen-bond donors (Lipinski definition) is 4. The van der Waals surface area contributed by atoms with Crippen LogP contribution in [-0.2, 0) is 70.1 Å². The molecule has 0 aromatic carbocycles. The van der Waals surface area contributed by atoms with Crippen LogP contribution in [0.2, 0.25) is 0 Å². The van der Waals surface area contributed by atoms with Crippen LogP contribution >= 0.6 is 68.0 Å². The third-order valence-electron chi connectivity index (χ3n) is 9.79. The normalized spacial score (nSPS) is 9.65. The Kier molecular flexibility index (Phi) is 37.9. The van der Waals surface area contributed by atoms with Gasteiger partial charge in [0.05, 0.1) is 57.0 Å². The Morgan fingerprint density at radius 2 is 1.08 bits per heavy atom. The fourth-order valence-electron chi connectivity index (χ4n) is 5.60. The molecule has 0 amide bonds. The SMILES string of the molecule is C.C.CC(=O)Cc1nc(C)cs1.CC(=O)Cc1scc(C)[n+]1[O-].CC(=O)OC(C)=O.COC(=O)C#CC(=O)OC.COC(=O)c1nc2scc(C)n2c(=O)c1O.COC(=O)c1nc2scc(C)n2c(=O)c1OC(=O)C(C)(C)C.Cc1csc(=N)n1O.Cc1csc(N)n1. The lowest BCUT2D eigenvalue weighted by Crippen LogP contribution is -2.32. The number of carbonyl (C=O) groups is 9. The van der Waals surface area contributed by atoms with Crippen molar-refractivity contribution in [2.75, 3.05) is 34.2 Å². The largest absolute Gasteiger partial charge is 0.618 e. The average Bonchev–Trinajstić information content (AvgIpc) is 1.74. The van der Waals surface area contributed by atoms with Gasteiger partial charge < -0.3 is 49.7 Å². The number of aromatic nitrogens is 8. The van der Waals surface area contributed by atoms with E-state index >= 15 is 0 Å². The molecule has 0 bridgehead atoms. The smallest absolute Gasteiger partial charge is 0.384 e. The minimum Gasteiger partial charge on any atom is -0.618 e. The fraction of sp³-hybridized carbons (Fsp3) is 0.386. The summed E-state index contributed by atoms with van der Waals surface area (Å²) in [4.78, 5) is 138. The summed E-state index contributed by atoms with van der Waals surface area (Å²) in [5.74, 6) is -2.05. The lowest BCUT2D eigenvalue weighted by Gasteiger charge is -2.16. The predicted octanol–water partition coefficient (Wildman–Crippen LogP) is 7.08. The maximum Gasteiger partial charge on any atom is 0.384 e. The molecular formula is C57H74N10O20S6. The van der Waals surface area contributed by atoms with E-state index in [0.29, 0.717) is 49.3 Å². The Morgan fingerprint density at radius 3 is 1.40 bits per heavy atom. The lowest BCUT2D eigenvalue weighted by atomic mass is 9.97. The van der Waals surface area contributed by atoms with E-state index in [1.54, 1.807) is 88.2 Å². The van der Waals surface area contributed by atoms with Crippen LogP contribution in [0.3, 0.4) is 0 Å². The van der Waals surface area contributed by atoms with Crippen molar-refractivity contribution in [3.63, 3.8) is 0 Å². The molecule has 0 aliphatic carbocycles. The van der Waals surface area contributed by atoms with Crippen molar-refractivity contribution in [3.8, 4) is 23.3 Å². The zero-order valence-electron chi connectivity index (χ0n) is 52.2. The van der Waals surface area contributed by atoms with Crippen LogP contribution in [0.1, 0.15) is 128 Å². The molecule has 8 rings (SSSR count). The Balaban J connectivity index is 0. The number of thiazole rings is 6. The molecule has 508 valence electrons. The van der Waals surface area contributed by atoms with Gasteiger partial charge in [-0.15, -0.1) is 56.7 Å². The quantitative estimate of drug-likeness (QED) is 0.0181. The molecule has 0 aliphatic heterocycles. The van der Waals surface area contributed by atoms with Gasteiger partial charge in [-0.05, 0) is 69.2 Å². The summed E-state index contributed by atoms with van der Waals surface area (Å²) in [7, 11) is 4.67. The van der Waals surface area contributed by atoms with Gasteiger partial charge in [-0.3, -0.25) is 47.8 Å². The number of esters is 7. The van der Waals surface area contributed by atoms with Crippen LogP contribution in [0.4, 0.5) is 5.13 Å². The molecule has 0 fully saturated rings. The Hall–Kier alpha value is -9.41. The zero-order valence-corrected chi connectivity index (χ0v) is 57.1. The Bertz CT molecular complexity index is 4080. The molecule has 0 atom stereocenters. The van der Waals surface area contributed by atoms with Gasteiger partial charge in [-0.1, -0.05) is 26.2 Å². The van der Waals surface area contributed by atoms with E-state index in [2.05, 4.69) is 43.6 Å². The molecule has 36 heteroatoms. The zero-order chi connectivity index (χ0) is 69.8. The summed E-state index contributed by atoms with van der Waals surface area (Å²) >= 11 is 7.98. The lowest BCUT2D eigenvalue weighted by molar-refractivity contribution is -0.614. The van der Waals surface area contributed by atoms with Gasteiger partial charge >= 0.3 is 52.9 Å². The minimum atomic E-state index is -0.831. The van der Waals surface area contributed by atoms with Crippen LogP contribution in [0, 0.1) is 69.4 Å². The highest BCUT2D eigenvalue weighted by Gasteiger charge is 2.30. The van der Waals surface area contributed by atoms with Gasteiger partial charge in [0.15, 0.2) is 26.4 Å². The number of aromatic hydroxyl groups is 1. The van der Waals surface area contributed by atoms with E-state index in [9.17, 15) is 63.1 Å². The van der Waals surface area contributed by atoms with Crippen molar-refractivity contribution in [2.45, 2.75) is 118 Å². The molecule has 0 spiro atoms. The maximum atomic E-state index is 12.6. The van der Waals surface area contributed by atoms with E-state index in [1.165, 1.54) is 108 Å². The third-order valence-corrected chi connectivity index (χ3v) is 15.3. The molecule has 93 heavy (non-hydrogen) atoms. The van der Waals surface area contributed by atoms with Crippen molar-refractivity contribution in [1.29, 1.82) is 5.41 Å². The molecule has 0 radical (unpaired) electrons. The first-order valence-corrected chi connectivity index (χ1v) is 30.7. The Labute approximate surface area is 557 Å². The van der Waals surface area contributed by atoms with Gasteiger partial charge in [-0.25, -0.2) is 39.1 Å². The van der Waals surface area contributed by atoms with Crippen LogP contribution in [0.5, 0.6) is 11.5 Å². The van der Waals surface area contributed by atoms with Crippen LogP contribution in [-0.4, -0.2) is 126 Å². The summed E-state index contributed by atoms with van der Waals surface area (Å²) in [6.07, 6.45) is 0.737. The summed E-state index contributed by atoms with van der Waals surface area (Å²) in [5, 5.41) is 49.3. The molecule has 8 heterocycles. The van der Waals surface area contributed by atoms with Crippen molar-refractivity contribution in [1.82, 2.24) is 33.5 Å². The highest BCUT2D eigenvalue weighted by Crippen LogP contribution is 2.23. The second-order valence-electron chi connectivity index (χ2n) is 18.7. The second-order valence-corrected chi connectivity index (χ2v) is 24.0. The third kappa shape index (κ3) is 29.2. The average molecular weight is 1410 g/mol. The molecule has 5 N–H and O–H groups in total. The molecule has 8 aromatic heterocycles. The number of rotatable bonds is 7. The minimum absolute atomic E-state index is 0. The van der Waals surface area contributed by atoms with Crippen LogP contribution in [0.15, 0.2) is 41.9 Å². The number of nitrogen functional groups attached to an aromatic ring is 1.